The van der Waals surface area contributed by atoms with Crippen LogP contribution >= 0.6 is 7.26 Å². The summed E-state index contributed by atoms with van der Waals surface area (Å²) < 4.78 is 0. The minimum Gasteiger partial charge on any atom is -0.0619 e. The standard InChI is InChI=1S/C11H24P/c1-3-8-12(9-4-2)10-6-5-7-11-12/h3-11H2,1-2H3/q+1. The molecule has 0 amide bonds. The van der Waals surface area contributed by atoms with Crippen molar-refractivity contribution in [3.05, 3.63) is 0 Å². The van der Waals surface area contributed by atoms with Crippen molar-refractivity contribution >= 4 is 7.26 Å². The molecule has 0 unspecified atom stereocenters. The molecule has 1 aliphatic heterocycles. The van der Waals surface area contributed by atoms with Gasteiger partial charge in [-0.2, -0.15) is 0 Å². The van der Waals surface area contributed by atoms with E-state index < -0.39 is 7.26 Å². The molecule has 1 aliphatic rings. The molecule has 0 radical (unpaired) electrons. The van der Waals surface area contributed by atoms with Crippen LogP contribution < -0.4 is 0 Å². The van der Waals surface area contributed by atoms with Gasteiger partial charge in [0.25, 0.3) is 0 Å². The van der Waals surface area contributed by atoms with Crippen molar-refractivity contribution in [1.29, 1.82) is 0 Å². The highest BCUT2D eigenvalue weighted by Crippen LogP contribution is 2.62. The second-order valence-corrected chi connectivity index (χ2v) is 8.77. The molecular weight excluding hydrogens is 163 g/mol. The largest absolute Gasteiger partial charge is 0.0619 e. The molecule has 0 spiro atoms. The topological polar surface area (TPSA) is 0 Å². The zero-order valence-electron chi connectivity index (χ0n) is 8.81. The van der Waals surface area contributed by atoms with E-state index in [1.807, 2.05) is 0 Å². The Balaban J connectivity index is 2.44. The molecular formula is C11H24P+. The number of hydrogen-bond acceptors (Lipinski definition) is 0. The first-order chi connectivity index (χ1) is 5.83. The van der Waals surface area contributed by atoms with Crippen molar-refractivity contribution in [2.45, 2.75) is 46.0 Å². The highest BCUT2D eigenvalue weighted by molar-refractivity contribution is 7.75. The molecule has 1 saturated heterocycles. The van der Waals surface area contributed by atoms with Crippen LogP contribution in [0, 0.1) is 0 Å². The second-order valence-electron chi connectivity index (χ2n) is 4.30. The van der Waals surface area contributed by atoms with Gasteiger partial charge in [-0.1, -0.05) is 13.8 Å². The fourth-order valence-electron chi connectivity index (χ4n) is 2.69. The van der Waals surface area contributed by atoms with Crippen molar-refractivity contribution in [3.63, 3.8) is 0 Å². The average molecular weight is 187 g/mol. The lowest BCUT2D eigenvalue weighted by atomic mass is 10.3. The van der Waals surface area contributed by atoms with E-state index in [-0.39, 0.29) is 0 Å². The first kappa shape index (κ1) is 10.5. The molecule has 72 valence electrons. The predicted molar refractivity (Wildman–Crippen MR) is 60.8 cm³/mol. The van der Waals surface area contributed by atoms with Gasteiger partial charge in [-0.15, -0.1) is 0 Å². The summed E-state index contributed by atoms with van der Waals surface area (Å²) in [5, 5.41) is 0. The van der Waals surface area contributed by atoms with Crippen molar-refractivity contribution in [3.8, 4) is 0 Å². The van der Waals surface area contributed by atoms with Gasteiger partial charge in [0.2, 0.25) is 0 Å². The lowest BCUT2D eigenvalue weighted by molar-refractivity contribution is 0.737. The van der Waals surface area contributed by atoms with Crippen LogP contribution in [0.5, 0.6) is 0 Å². The Kier molecular flexibility index (Phi) is 4.57. The highest BCUT2D eigenvalue weighted by atomic mass is 31.2. The van der Waals surface area contributed by atoms with Gasteiger partial charge < -0.3 is 0 Å². The molecule has 1 rings (SSSR count). The Morgan fingerprint density at radius 2 is 1.33 bits per heavy atom. The molecule has 1 heteroatoms. The Morgan fingerprint density at radius 1 is 0.833 bits per heavy atom. The van der Waals surface area contributed by atoms with Crippen molar-refractivity contribution in [2.24, 2.45) is 0 Å². The maximum absolute atomic E-state index is 2.37. The van der Waals surface area contributed by atoms with Gasteiger partial charge in [0, 0.05) is 7.26 Å². The van der Waals surface area contributed by atoms with Crippen LogP contribution in [0.15, 0.2) is 0 Å². The molecule has 0 aromatic heterocycles. The lowest BCUT2D eigenvalue weighted by Gasteiger charge is -2.30. The summed E-state index contributed by atoms with van der Waals surface area (Å²) in [5.41, 5.74) is 0. The Labute approximate surface area is 78.5 Å². The minimum absolute atomic E-state index is 0.390. The van der Waals surface area contributed by atoms with Gasteiger partial charge in [0.05, 0.1) is 24.6 Å². The Hall–Kier alpha value is 0.430. The van der Waals surface area contributed by atoms with E-state index in [9.17, 15) is 0 Å². The molecule has 0 aromatic carbocycles. The van der Waals surface area contributed by atoms with Crippen LogP contribution in [0.4, 0.5) is 0 Å². The van der Waals surface area contributed by atoms with E-state index in [0.29, 0.717) is 0 Å². The van der Waals surface area contributed by atoms with Crippen LogP contribution in [-0.2, 0) is 0 Å². The van der Waals surface area contributed by atoms with E-state index >= 15 is 0 Å². The molecule has 1 fully saturated rings. The Bertz CT molecular complexity index is 98.7. The molecule has 0 bridgehead atoms. The summed E-state index contributed by atoms with van der Waals surface area (Å²) in [5.74, 6) is 0. The van der Waals surface area contributed by atoms with E-state index in [2.05, 4.69) is 13.8 Å². The molecule has 0 aliphatic carbocycles. The maximum atomic E-state index is 2.37. The highest BCUT2D eigenvalue weighted by Gasteiger charge is 2.36. The van der Waals surface area contributed by atoms with Gasteiger partial charge in [0.1, 0.15) is 0 Å². The van der Waals surface area contributed by atoms with E-state index in [1.165, 1.54) is 19.3 Å². The zero-order chi connectivity index (χ0) is 8.86. The second kappa shape index (κ2) is 5.22. The monoisotopic (exact) mass is 187 g/mol. The SMILES string of the molecule is CCC[P+]1(CCC)CCCCC1. The van der Waals surface area contributed by atoms with Crippen LogP contribution in [0.3, 0.4) is 0 Å². The van der Waals surface area contributed by atoms with Crippen molar-refractivity contribution in [2.75, 3.05) is 24.6 Å². The third-order valence-electron chi connectivity index (χ3n) is 3.16. The molecule has 12 heavy (non-hydrogen) atoms. The van der Waals surface area contributed by atoms with Crippen LogP contribution in [0.25, 0.3) is 0 Å². The van der Waals surface area contributed by atoms with E-state index in [4.69, 9.17) is 0 Å². The van der Waals surface area contributed by atoms with Crippen LogP contribution in [0.1, 0.15) is 46.0 Å². The normalized spacial score (nSPS) is 22.5. The number of hydrogen-bond donors (Lipinski definition) is 0. The van der Waals surface area contributed by atoms with Gasteiger partial charge in [-0.05, 0) is 32.1 Å². The smallest absolute Gasteiger partial charge is 0.0594 e. The van der Waals surface area contributed by atoms with Crippen molar-refractivity contribution < 1.29 is 0 Å². The predicted octanol–water partition coefficient (Wildman–Crippen LogP) is 4.01. The maximum Gasteiger partial charge on any atom is 0.0594 e. The third-order valence-corrected chi connectivity index (χ3v) is 8.48. The molecule has 0 saturated carbocycles. The summed E-state index contributed by atoms with van der Waals surface area (Å²) in [6.07, 6.45) is 14.0. The first-order valence-electron chi connectivity index (χ1n) is 5.68. The lowest BCUT2D eigenvalue weighted by Crippen LogP contribution is -2.15. The quantitative estimate of drug-likeness (QED) is 0.583. The summed E-state index contributed by atoms with van der Waals surface area (Å²) in [7, 11) is -0.390. The van der Waals surface area contributed by atoms with Crippen molar-refractivity contribution in [1.82, 2.24) is 0 Å². The van der Waals surface area contributed by atoms with Crippen LogP contribution in [0.2, 0.25) is 0 Å². The molecule has 0 atom stereocenters. The average Bonchev–Trinajstić information content (AvgIpc) is 2.07. The summed E-state index contributed by atoms with van der Waals surface area (Å²) in [6.45, 7) is 4.73. The number of rotatable bonds is 4. The summed E-state index contributed by atoms with van der Waals surface area (Å²) >= 11 is 0. The molecule has 0 aromatic rings. The van der Waals surface area contributed by atoms with Gasteiger partial charge in [-0.25, -0.2) is 0 Å². The van der Waals surface area contributed by atoms with Gasteiger partial charge >= 0.3 is 0 Å². The molecule has 0 N–H and O–H groups in total. The third kappa shape index (κ3) is 2.73. The van der Waals surface area contributed by atoms with E-state index in [1.54, 1.807) is 37.5 Å². The zero-order valence-corrected chi connectivity index (χ0v) is 9.71. The Morgan fingerprint density at radius 3 is 1.75 bits per heavy atom. The summed E-state index contributed by atoms with van der Waals surface area (Å²) in [6, 6.07) is 0. The molecule has 1 heterocycles. The van der Waals surface area contributed by atoms with Gasteiger partial charge in [-0.3, -0.25) is 0 Å². The molecule has 0 nitrogen and oxygen atoms in total. The van der Waals surface area contributed by atoms with E-state index in [0.717, 1.165) is 0 Å². The first-order valence-corrected chi connectivity index (χ1v) is 8.21. The summed E-state index contributed by atoms with van der Waals surface area (Å²) in [4.78, 5) is 0. The van der Waals surface area contributed by atoms with Gasteiger partial charge in [0.15, 0.2) is 0 Å². The fraction of sp³-hybridized carbons (Fsp3) is 1.00. The van der Waals surface area contributed by atoms with Crippen LogP contribution in [-0.4, -0.2) is 24.6 Å². The fourth-order valence-corrected chi connectivity index (χ4v) is 7.72. The minimum atomic E-state index is -0.390.